The summed E-state index contributed by atoms with van der Waals surface area (Å²) < 4.78 is 1.26. The molecule has 0 spiro atoms. The van der Waals surface area contributed by atoms with E-state index in [1.54, 1.807) is 11.0 Å². The summed E-state index contributed by atoms with van der Waals surface area (Å²) in [5.41, 5.74) is 3.84. The van der Waals surface area contributed by atoms with E-state index in [1.165, 1.54) is 21.9 Å². The Morgan fingerprint density at radius 1 is 1.07 bits per heavy atom. The highest BCUT2D eigenvalue weighted by Gasteiger charge is 2.26. The van der Waals surface area contributed by atoms with E-state index in [2.05, 4.69) is 17.2 Å². The minimum atomic E-state index is -0.273. The van der Waals surface area contributed by atoms with Crippen molar-refractivity contribution in [3.05, 3.63) is 88.2 Å². The van der Waals surface area contributed by atoms with E-state index in [1.807, 2.05) is 49.5 Å². The van der Waals surface area contributed by atoms with Gasteiger partial charge in [0.15, 0.2) is 0 Å². The zero-order chi connectivity index (χ0) is 19.5. The van der Waals surface area contributed by atoms with Crippen LogP contribution in [0.1, 0.15) is 30.0 Å². The summed E-state index contributed by atoms with van der Waals surface area (Å²) in [6, 6.07) is 21.2. The Bertz CT molecular complexity index is 1040. The third kappa shape index (κ3) is 3.60. The summed E-state index contributed by atoms with van der Waals surface area (Å²) in [5.74, 6) is -0.110. The molecule has 3 aromatic rings. The number of likely N-dealkylation sites (N-methyl/N-ethyl adjacent to an activating group) is 1. The van der Waals surface area contributed by atoms with Gasteiger partial charge in [-0.25, -0.2) is 4.68 Å². The molecular weight excluding hydrogens is 350 g/mol. The molecular formula is C23H23N3O2. The minimum Gasteiger partial charge on any atom is -0.337 e. The van der Waals surface area contributed by atoms with Crippen molar-refractivity contribution in [2.75, 3.05) is 7.05 Å². The smallest absolute Gasteiger partial charge is 0.267 e. The minimum absolute atomic E-state index is 0.0467. The van der Waals surface area contributed by atoms with Crippen LogP contribution >= 0.6 is 0 Å². The van der Waals surface area contributed by atoms with E-state index in [0.29, 0.717) is 5.69 Å². The second kappa shape index (κ2) is 7.80. The predicted molar refractivity (Wildman–Crippen MR) is 109 cm³/mol. The van der Waals surface area contributed by atoms with E-state index >= 15 is 0 Å². The van der Waals surface area contributed by atoms with Crippen LogP contribution in [-0.4, -0.2) is 27.6 Å². The van der Waals surface area contributed by atoms with Crippen LogP contribution in [0.4, 0.5) is 0 Å². The molecule has 0 saturated heterocycles. The number of hydrogen-bond acceptors (Lipinski definition) is 3. The van der Waals surface area contributed by atoms with Gasteiger partial charge in [-0.15, -0.1) is 0 Å². The van der Waals surface area contributed by atoms with Gasteiger partial charge < -0.3 is 4.90 Å². The molecule has 0 bridgehead atoms. The Hall–Kier alpha value is -3.21. The monoisotopic (exact) mass is 373 g/mol. The highest BCUT2D eigenvalue weighted by molar-refractivity contribution is 5.76. The number of benzene rings is 2. The zero-order valence-electron chi connectivity index (χ0n) is 15.9. The fraction of sp³-hybridized carbons (Fsp3) is 0.261. The van der Waals surface area contributed by atoms with Gasteiger partial charge in [-0.3, -0.25) is 9.59 Å². The third-order valence-electron chi connectivity index (χ3n) is 5.42. The van der Waals surface area contributed by atoms with Crippen molar-refractivity contribution in [3.8, 4) is 11.3 Å². The molecule has 1 amide bonds. The molecule has 5 nitrogen and oxygen atoms in total. The average molecular weight is 373 g/mol. The van der Waals surface area contributed by atoms with Gasteiger partial charge in [-0.2, -0.15) is 5.10 Å². The molecule has 5 heteroatoms. The molecule has 1 atom stereocenters. The number of carbonyl (C=O) groups excluding carboxylic acids is 1. The molecule has 142 valence electrons. The van der Waals surface area contributed by atoms with E-state index < -0.39 is 0 Å². The molecule has 2 aromatic carbocycles. The van der Waals surface area contributed by atoms with Crippen molar-refractivity contribution < 1.29 is 4.79 Å². The summed E-state index contributed by atoms with van der Waals surface area (Å²) >= 11 is 0. The Morgan fingerprint density at radius 3 is 2.64 bits per heavy atom. The van der Waals surface area contributed by atoms with Gasteiger partial charge >= 0.3 is 0 Å². The van der Waals surface area contributed by atoms with Gasteiger partial charge in [0.2, 0.25) is 5.91 Å². The quantitative estimate of drug-likeness (QED) is 0.704. The van der Waals surface area contributed by atoms with Gasteiger partial charge in [0.1, 0.15) is 6.54 Å². The lowest BCUT2D eigenvalue weighted by Gasteiger charge is -2.33. The number of nitrogens with zero attached hydrogens (tertiary/aromatic N) is 3. The molecule has 0 unspecified atom stereocenters. The van der Waals surface area contributed by atoms with Crippen LogP contribution in [0, 0.1) is 0 Å². The van der Waals surface area contributed by atoms with Crippen LogP contribution in [-0.2, 0) is 17.8 Å². The van der Waals surface area contributed by atoms with Crippen molar-refractivity contribution in [1.82, 2.24) is 14.7 Å². The molecule has 28 heavy (non-hydrogen) atoms. The van der Waals surface area contributed by atoms with E-state index in [9.17, 15) is 9.59 Å². The largest absolute Gasteiger partial charge is 0.337 e. The predicted octanol–water partition coefficient (Wildman–Crippen LogP) is 3.45. The molecule has 1 aliphatic carbocycles. The van der Waals surface area contributed by atoms with E-state index in [0.717, 1.165) is 24.8 Å². The second-order valence-corrected chi connectivity index (χ2v) is 7.19. The Balaban J connectivity index is 1.57. The second-order valence-electron chi connectivity index (χ2n) is 7.19. The van der Waals surface area contributed by atoms with E-state index in [-0.39, 0.29) is 24.1 Å². The van der Waals surface area contributed by atoms with Crippen molar-refractivity contribution in [3.63, 3.8) is 0 Å². The van der Waals surface area contributed by atoms with E-state index in [4.69, 9.17) is 0 Å². The summed E-state index contributed by atoms with van der Waals surface area (Å²) in [6.07, 6.45) is 3.04. The normalized spacial score (nSPS) is 15.7. The first kappa shape index (κ1) is 18.2. The van der Waals surface area contributed by atoms with Crippen molar-refractivity contribution in [2.45, 2.75) is 31.8 Å². The molecule has 0 fully saturated rings. The topological polar surface area (TPSA) is 55.2 Å². The lowest BCUT2D eigenvalue weighted by atomic mass is 9.87. The van der Waals surface area contributed by atoms with Gasteiger partial charge in [-0.05, 0) is 36.5 Å². The first-order chi connectivity index (χ1) is 13.6. The fourth-order valence-electron chi connectivity index (χ4n) is 3.87. The Kier molecular flexibility index (Phi) is 5.06. The molecule has 4 rings (SSSR count). The first-order valence-electron chi connectivity index (χ1n) is 9.60. The molecule has 0 aliphatic heterocycles. The van der Waals surface area contributed by atoms with Crippen molar-refractivity contribution >= 4 is 5.91 Å². The third-order valence-corrected chi connectivity index (χ3v) is 5.42. The number of aromatic nitrogens is 2. The van der Waals surface area contributed by atoms with Crippen LogP contribution in [0.25, 0.3) is 11.3 Å². The molecule has 0 saturated carbocycles. The highest BCUT2D eigenvalue weighted by atomic mass is 16.2. The van der Waals surface area contributed by atoms with Gasteiger partial charge in [0, 0.05) is 18.7 Å². The molecule has 1 heterocycles. The summed E-state index contributed by atoms with van der Waals surface area (Å²) in [6.45, 7) is -0.0608. The van der Waals surface area contributed by atoms with Crippen LogP contribution in [0.5, 0.6) is 0 Å². The molecule has 1 aliphatic rings. The highest BCUT2D eigenvalue weighted by Crippen LogP contribution is 2.33. The molecule has 0 radical (unpaired) electrons. The summed E-state index contributed by atoms with van der Waals surface area (Å²) in [5, 5.41) is 4.41. The van der Waals surface area contributed by atoms with Crippen LogP contribution < -0.4 is 5.56 Å². The number of hydrogen-bond donors (Lipinski definition) is 0. The summed E-state index contributed by atoms with van der Waals surface area (Å²) in [7, 11) is 1.82. The van der Waals surface area contributed by atoms with Gasteiger partial charge in [-0.1, -0.05) is 54.6 Å². The summed E-state index contributed by atoms with van der Waals surface area (Å²) in [4.78, 5) is 27.0. The van der Waals surface area contributed by atoms with Gasteiger partial charge in [0.05, 0.1) is 11.7 Å². The number of fused-ring (bicyclic) bond motifs is 1. The first-order valence-corrected chi connectivity index (χ1v) is 9.60. The maximum Gasteiger partial charge on any atom is 0.267 e. The Morgan fingerprint density at radius 2 is 1.82 bits per heavy atom. The number of aryl methyl sites for hydroxylation is 1. The maximum absolute atomic E-state index is 12.9. The number of carbonyl (C=O) groups is 1. The van der Waals surface area contributed by atoms with Gasteiger partial charge in [0.25, 0.3) is 5.56 Å². The maximum atomic E-state index is 12.9. The SMILES string of the molecule is CN(C(=O)Cn1nc(-c2ccccc2)ccc1=O)[C@H]1CCCc2ccccc21. The lowest BCUT2D eigenvalue weighted by Crippen LogP contribution is -2.38. The average Bonchev–Trinajstić information content (AvgIpc) is 2.75. The fourth-order valence-corrected chi connectivity index (χ4v) is 3.87. The number of rotatable bonds is 4. The Labute approximate surface area is 164 Å². The zero-order valence-corrected chi connectivity index (χ0v) is 15.9. The lowest BCUT2D eigenvalue weighted by molar-refractivity contribution is -0.133. The molecule has 0 N–H and O–H groups in total. The number of amides is 1. The van der Waals surface area contributed by atoms with Crippen LogP contribution in [0.3, 0.4) is 0 Å². The van der Waals surface area contributed by atoms with Crippen LogP contribution in [0.15, 0.2) is 71.5 Å². The standard InChI is InChI=1S/C23H23N3O2/c1-25(21-13-7-11-17-8-5-6-12-19(17)21)23(28)16-26-22(27)15-14-20(24-26)18-9-3-2-4-10-18/h2-6,8-10,12,14-15,21H,7,11,13,16H2,1H3/t21-/m0/s1. The van der Waals surface area contributed by atoms with Crippen LogP contribution in [0.2, 0.25) is 0 Å². The van der Waals surface area contributed by atoms with Crippen molar-refractivity contribution in [1.29, 1.82) is 0 Å². The van der Waals surface area contributed by atoms with Crippen molar-refractivity contribution in [2.24, 2.45) is 0 Å². The molecule has 1 aromatic heterocycles.